The first-order chi connectivity index (χ1) is 12.3. The lowest BCUT2D eigenvalue weighted by molar-refractivity contribution is -0.142. The van der Waals surface area contributed by atoms with Gasteiger partial charge in [-0.15, -0.1) is 0 Å². The summed E-state index contributed by atoms with van der Waals surface area (Å²) in [4.78, 5) is 33.5. The van der Waals surface area contributed by atoms with Crippen LogP contribution in [0.3, 0.4) is 0 Å². The van der Waals surface area contributed by atoms with Crippen molar-refractivity contribution in [3.8, 4) is 0 Å². The Kier molecular flexibility index (Phi) is 5.49. The molecule has 3 heterocycles. The van der Waals surface area contributed by atoms with Crippen molar-refractivity contribution in [1.82, 2.24) is 9.88 Å². The molecule has 3 rings (SSSR count). The van der Waals surface area contributed by atoms with Crippen LogP contribution in [-0.4, -0.2) is 47.9 Å². The van der Waals surface area contributed by atoms with E-state index < -0.39 is 0 Å². The molecule has 26 heavy (non-hydrogen) atoms. The SMILES string of the molecule is CC(C)(C)C(=O)N1CCC(C(=O)Nc2ccc(N3CCCC3)nc2)CC1. The smallest absolute Gasteiger partial charge is 0.227 e. The number of carbonyl (C=O) groups excluding carboxylic acids is 2. The number of carbonyl (C=O) groups is 2. The van der Waals surface area contributed by atoms with Gasteiger partial charge in [-0.3, -0.25) is 9.59 Å². The van der Waals surface area contributed by atoms with Crippen molar-refractivity contribution in [2.45, 2.75) is 46.5 Å². The summed E-state index contributed by atoms with van der Waals surface area (Å²) in [6, 6.07) is 3.91. The topological polar surface area (TPSA) is 65.5 Å². The molecule has 2 amide bonds. The highest BCUT2D eigenvalue weighted by Gasteiger charge is 2.32. The van der Waals surface area contributed by atoms with Gasteiger partial charge in [0.05, 0.1) is 11.9 Å². The Balaban J connectivity index is 1.50. The second kappa shape index (κ2) is 7.64. The van der Waals surface area contributed by atoms with Gasteiger partial charge >= 0.3 is 0 Å². The van der Waals surface area contributed by atoms with Crippen molar-refractivity contribution in [1.29, 1.82) is 0 Å². The summed E-state index contributed by atoms with van der Waals surface area (Å²) < 4.78 is 0. The van der Waals surface area contributed by atoms with E-state index in [2.05, 4.69) is 15.2 Å². The Labute approximate surface area is 156 Å². The van der Waals surface area contributed by atoms with E-state index in [0.717, 1.165) is 24.6 Å². The minimum absolute atomic E-state index is 0.0311. The molecule has 2 aliphatic rings. The van der Waals surface area contributed by atoms with E-state index in [1.54, 1.807) is 6.20 Å². The van der Waals surface area contributed by atoms with Crippen LogP contribution in [0.25, 0.3) is 0 Å². The minimum Gasteiger partial charge on any atom is -0.357 e. The van der Waals surface area contributed by atoms with Crippen molar-refractivity contribution in [3.63, 3.8) is 0 Å². The minimum atomic E-state index is -0.363. The molecule has 2 aliphatic heterocycles. The molecule has 6 nitrogen and oxygen atoms in total. The van der Waals surface area contributed by atoms with Crippen LogP contribution in [0.1, 0.15) is 46.5 Å². The third-order valence-electron chi connectivity index (χ3n) is 5.24. The van der Waals surface area contributed by atoms with Crippen LogP contribution in [0.2, 0.25) is 0 Å². The number of pyridine rings is 1. The molecule has 0 aromatic carbocycles. The van der Waals surface area contributed by atoms with Gasteiger partial charge in [0.2, 0.25) is 11.8 Å². The number of aromatic nitrogens is 1. The van der Waals surface area contributed by atoms with E-state index in [-0.39, 0.29) is 23.1 Å². The second-order valence-electron chi connectivity index (χ2n) is 8.40. The highest BCUT2D eigenvalue weighted by molar-refractivity contribution is 5.92. The number of rotatable bonds is 3. The lowest BCUT2D eigenvalue weighted by Crippen LogP contribution is -2.45. The number of hydrogen-bond donors (Lipinski definition) is 1. The van der Waals surface area contributed by atoms with E-state index in [4.69, 9.17) is 0 Å². The molecule has 0 bridgehead atoms. The summed E-state index contributed by atoms with van der Waals surface area (Å²) >= 11 is 0. The Bertz CT molecular complexity index is 637. The lowest BCUT2D eigenvalue weighted by atomic mass is 9.90. The first kappa shape index (κ1) is 18.7. The third-order valence-corrected chi connectivity index (χ3v) is 5.24. The molecule has 2 fully saturated rings. The number of nitrogens with zero attached hydrogens (tertiary/aromatic N) is 3. The predicted octanol–water partition coefficient (Wildman–Crippen LogP) is 2.91. The first-order valence-electron chi connectivity index (χ1n) is 9.66. The number of likely N-dealkylation sites (tertiary alicyclic amines) is 1. The van der Waals surface area contributed by atoms with Crippen LogP contribution in [0.4, 0.5) is 11.5 Å². The van der Waals surface area contributed by atoms with E-state index in [1.165, 1.54) is 12.8 Å². The Morgan fingerprint density at radius 3 is 2.27 bits per heavy atom. The molecule has 0 spiro atoms. The number of piperidine rings is 1. The van der Waals surface area contributed by atoms with Crippen molar-refractivity contribution in [2.75, 3.05) is 36.4 Å². The molecular weight excluding hydrogens is 328 g/mol. The fourth-order valence-electron chi connectivity index (χ4n) is 3.66. The molecule has 1 N–H and O–H groups in total. The van der Waals surface area contributed by atoms with Crippen molar-refractivity contribution >= 4 is 23.3 Å². The first-order valence-corrected chi connectivity index (χ1v) is 9.66. The largest absolute Gasteiger partial charge is 0.357 e. The van der Waals surface area contributed by atoms with Gasteiger partial charge in [0, 0.05) is 37.5 Å². The van der Waals surface area contributed by atoms with Gasteiger partial charge in [0.1, 0.15) is 5.82 Å². The van der Waals surface area contributed by atoms with Crippen LogP contribution in [0.5, 0.6) is 0 Å². The molecule has 0 saturated carbocycles. The van der Waals surface area contributed by atoms with Gasteiger partial charge in [-0.2, -0.15) is 0 Å². The molecule has 0 unspecified atom stereocenters. The molecule has 2 saturated heterocycles. The van der Waals surface area contributed by atoms with Gasteiger partial charge in [-0.05, 0) is 37.8 Å². The van der Waals surface area contributed by atoms with Gasteiger partial charge in [-0.25, -0.2) is 4.98 Å². The Morgan fingerprint density at radius 2 is 1.73 bits per heavy atom. The summed E-state index contributed by atoms with van der Waals surface area (Å²) in [6.45, 7) is 9.24. The van der Waals surface area contributed by atoms with E-state index in [9.17, 15) is 9.59 Å². The zero-order chi connectivity index (χ0) is 18.7. The summed E-state index contributed by atoms with van der Waals surface area (Å²) in [5.74, 6) is 1.13. The highest BCUT2D eigenvalue weighted by Crippen LogP contribution is 2.25. The lowest BCUT2D eigenvalue weighted by Gasteiger charge is -2.35. The zero-order valence-corrected chi connectivity index (χ0v) is 16.1. The zero-order valence-electron chi connectivity index (χ0n) is 16.1. The van der Waals surface area contributed by atoms with Gasteiger partial charge in [0.15, 0.2) is 0 Å². The quantitative estimate of drug-likeness (QED) is 0.902. The standard InChI is InChI=1S/C20H30N4O2/c1-20(2,3)19(26)24-12-8-15(9-13-24)18(25)22-16-6-7-17(21-14-16)23-10-4-5-11-23/h6-7,14-15H,4-5,8-13H2,1-3H3,(H,22,25). The maximum absolute atomic E-state index is 12.5. The molecule has 1 aromatic heterocycles. The average Bonchev–Trinajstić information content (AvgIpc) is 3.16. The second-order valence-corrected chi connectivity index (χ2v) is 8.40. The maximum atomic E-state index is 12.5. The summed E-state index contributed by atoms with van der Waals surface area (Å²) in [5, 5.41) is 2.98. The molecule has 6 heteroatoms. The summed E-state index contributed by atoms with van der Waals surface area (Å²) in [5.41, 5.74) is 0.379. The molecule has 0 radical (unpaired) electrons. The fourth-order valence-corrected chi connectivity index (χ4v) is 3.66. The van der Waals surface area contributed by atoms with Crippen LogP contribution in [0.15, 0.2) is 18.3 Å². The molecule has 142 valence electrons. The van der Waals surface area contributed by atoms with Crippen LogP contribution in [-0.2, 0) is 9.59 Å². The fraction of sp³-hybridized carbons (Fsp3) is 0.650. The van der Waals surface area contributed by atoms with Gasteiger partial charge in [-0.1, -0.05) is 20.8 Å². The normalized spacial score (nSPS) is 18.9. The molecular formula is C20H30N4O2. The van der Waals surface area contributed by atoms with Crippen LogP contribution in [0, 0.1) is 11.3 Å². The Hall–Kier alpha value is -2.11. The molecule has 0 aliphatic carbocycles. The molecule has 1 aromatic rings. The van der Waals surface area contributed by atoms with E-state index >= 15 is 0 Å². The average molecular weight is 358 g/mol. The predicted molar refractivity (Wildman–Crippen MR) is 103 cm³/mol. The monoisotopic (exact) mass is 358 g/mol. The molecule has 0 atom stereocenters. The van der Waals surface area contributed by atoms with Gasteiger partial charge in [0.25, 0.3) is 0 Å². The van der Waals surface area contributed by atoms with Crippen molar-refractivity contribution < 1.29 is 9.59 Å². The highest BCUT2D eigenvalue weighted by atomic mass is 16.2. The van der Waals surface area contributed by atoms with Crippen LogP contribution >= 0.6 is 0 Å². The van der Waals surface area contributed by atoms with Crippen molar-refractivity contribution in [3.05, 3.63) is 18.3 Å². The van der Waals surface area contributed by atoms with Crippen LogP contribution < -0.4 is 10.2 Å². The summed E-state index contributed by atoms with van der Waals surface area (Å²) in [6.07, 6.45) is 5.61. The number of anilines is 2. The van der Waals surface area contributed by atoms with E-state index in [0.29, 0.717) is 25.9 Å². The van der Waals surface area contributed by atoms with E-state index in [1.807, 2.05) is 37.8 Å². The summed E-state index contributed by atoms with van der Waals surface area (Å²) in [7, 11) is 0. The van der Waals surface area contributed by atoms with Gasteiger partial charge < -0.3 is 15.1 Å². The third kappa shape index (κ3) is 4.34. The van der Waals surface area contributed by atoms with Crippen molar-refractivity contribution in [2.24, 2.45) is 11.3 Å². The maximum Gasteiger partial charge on any atom is 0.227 e. The number of nitrogens with one attached hydrogen (secondary N) is 1. The number of amides is 2. The number of hydrogen-bond acceptors (Lipinski definition) is 4. The Morgan fingerprint density at radius 1 is 1.08 bits per heavy atom.